The summed E-state index contributed by atoms with van der Waals surface area (Å²) in [6, 6.07) is 12.2. The highest BCUT2D eigenvalue weighted by Crippen LogP contribution is 2.20. The molecular weight excluding hydrogens is 356 g/mol. The fraction of sp³-hybridized carbons (Fsp3) is 0.133. The minimum absolute atomic E-state index is 0.234. The van der Waals surface area contributed by atoms with E-state index < -0.39 is 0 Å². The Kier molecular flexibility index (Phi) is 5.47. The molecule has 2 aromatic rings. The molecule has 0 atom stereocenters. The van der Waals surface area contributed by atoms with E-state index in [1.807, 2.05) is 0 Å². The second kappa shape index (κ2) is 7.33. The van der Waals surface area contributed by atoms with E-state index in [0.717, 1.165) is 4.47 Å². The van der Waals surface area contributed by atoms with Crippen molar-refractivity contribution < 1.29 is 9.53 Å². The van der Waals surface area contributed by atoms with Gasteiger partial charge in [-0.15, -0.1) is 0 Å². The fourth-order valence-electron chi connectivity index (χ4n) is 1.66. The van der Waals surface area contributed by atoms with Gasteiger partial charge in [-0.25, -0.2) is 0 Å². The van der Waals surface area contributed by atoms with E-state index in [-0.39, 0.29) is 5.91 Å². The molecule has 0 aliphatic rings. The number of anilines is 1. The van der Waals surface area contributed by atoms with Crippen molar-refractivity contribution in [2.75, 3.05) is 18.9 Å². The molecule has 110 valence electrons. The summed E-state index contributed by atoms with van der Waals surface area (Å²) in [5.41, 5.74) is 6.69. The first-order valence-corrected chi connectivity index (χ1v) is 7.45. The number of rotatable bonds is 5. The lowest BCUT2D eigenvalue weighted by atomic mass is 10.2. The first-order valence-electron chi connectivity index (χ1n) is 6.28. The molecule has 21 heavy (non-hydrogen) atoms. The average molecular weight is 370 g/mol. The van der Waals surface area contributed by atoms with Crippen molar-refractivity contribution in [3.8, 4) is 5.75 Å². The summed E-state index contributed by atoms with van der Waals surface area (Å²) < 4.78 is 6.29. The molecule has 2 rings (SSSR count). The molecule has 2 aromatic carbocycles. The number of amides is 1. The van der Waals surface area contributed by atoms with Crippen LogP contribution in [0.5, 0.6) is 5.75 Å². The Hall–Kier alpha value is -1.72. The van der Waals surface area contributed by atoms with Crippen LogP contribution in [0.3, 0.4) is 0 Å². The number of halogens is 2. The van der Waals surface area contributed by atoms with Crippen LogP contribution >= 0.6 is 27.5 Å². The topological polar surface area (TPSA) is 64.3 Å². The molecular formula is C15H14BrClN2O2. The van der Waals surface area contributed by atoms with Crippen molar-refractivity contribution >= 4 is 39.1 Å². The molecule has 3 N–H and O–H groups in total. The van der Waals surface area contributed by atoms with Gasteiger partial charge in [-0.1, -0.05) is 27.5 Å². The number of nitrogen functional groups attached to an aromatic ring is 1. The second-order valence-electron chi connectivity index (χ2n) is 4.30. The second-order valence-corrected chi connectivity index (χ2v) is 5.62. The van der Waals surface area contributed by atoms with Gasteiger partial charge in [0.15, 0.2) is 0 Å². The maximum atomic E-state index is 12.0. The normalized spacial score (nSPS) is 10.2. The third-order valence-electron chi connectivity index (χ3n) is 2.71. The Morgan fingerprint density at radius 1 is 1.24 bits per heavy atom. The molecule has 0 aliphatic carbocycles. The lowest BCUT2D eigenvalue weighted by molar-refractivity contribution is 0.0947. The number of hydrogen-bond donors (Lipinski definition) is 2. The number of carbonyl (C=O) groups excluding carboxylic acids is 1. The molecule has 0 fully saturated rings. The first kappa shape index (κ1) is 15.7. The lowest BCUT2D eigenvalue weighted by Crippen LogP contribution is -2.28. The number of ether oxygens (including phenoxy) is 1. The smallest absolute Gasteiger partial charge is 0.252 e. The minimum Gasteiger partial charge on any atom is -0.492 e. The third kappa shape index (κ3) is 4.65. The van der Waals surface area contributed by atoms with Crippen molar-refractivity contribution in [2.24, 2.45) is 0 Å². The molecule has 0 saturated carbocycles. The van der Waals surface area contributed by atoms with Gasteiger partial charge in [0.2, 0.25) is 0 Å². The van der Waals surface area contributed by atoms with E-state index in [1.165, 1.54) is 0 Å². The maximum Gasteiger partial charge on any atom is 0.252 e. The summed E-state index contributed by atoms with van der Waals surface area (Å²) in [6.45, 7) is 0.743. The Labute approximate surface area is 136 Å². The highest BCUT2D eigenvalue weighted by atomic mass is 79.9. The number of nitrogens with one attached hydrogen (secondary N) is 1. The zero-order chi connectivity index (χ0) is 15.2. The highest BCUT2D eigenvalue weighted by Gasteiger charge is 2.10. The standard InChI is InChI=1S/C15H14BrClN2O2/c16-10-1-6-14(17)13(9-10)15(20)19-7-8-21-12-4-2-11(18)3-5-12/h1-6,9H,7-8,18H2,(H,19,20). The summed E-state index contributed by atoms with van der Waals surface area (Å²) in [5, 5.41) is 3.17. The molecule has 0 heterocycles. The molecule has 0 saturated heterocycles. The van der Waals surface area contributed by atoms with Crippen molar-refractivity contribution in [3.63, 3.8) is 0 Å². The van der Waals surface area contributed by atoms with Gasteiger partial charge in [0.25, 0.3) is 5.91 Å². The summed E-state index contributed by atoms with van der Waals surface area (Å²) >= 11 is 9.30. The van der Waals surface area contributed by atoms with Crippen LogP contribution in [0.2, 0.25) is 5.02 Å². The van der Waals surface area contributed by atoms with Crippen molar-refractivity contribution in [2.45, 2.75) is 0 Å². The quantitative estimate of drug-likeness (QED) is 0.626. The SMILES string of the molecule is Nc1ccc(OCCNC(=O)c2cc(Br)ccc2Cl)cc1. The Balaban J connectivity index is 1.81. The molecule has 0 unspecified atom stereocenters. The van der Waals surface area contributed by atoms with Crippen LogP contribution in [0, 0.1) is 0 Å². The predicted molar refractivity (Wildman–Crippen MR) is 87.8 cm³/mol. The molecule has 0 spiro atoms. The highest BCUT2D eigenvalue weighted by molar-refractivity contribution is 9.10. The Bertz CT molecular complexity index is 632. The molecule has 6 heteroatoms. The van der Waals surface area contributed by atoms with E-state index in [0.29, 0.717) is 35.2 Å². The van der Waals surface area contributed by atoms with Crippen LogP contribution in [0.25, 0.3) is 0 Å². The number of nitrogens with two attached hydrogens (primary N) is 1. The average Bonchev–Trinajstić information content (AvgIpc) is 2.47. The Morgan fingerprint density at radius 3 is 2.67 bits per heavy atom. The molecule has 4 nitrogen and oxygen atoms in total. The molecule has 0 aromatic heterocycles. The minimum atomic E-state index is -0.234. The summed E-state index contributed by atoms with van der Waals surface area (Å²) in [5.74, 6) is 0.473. The van der Waals surface area contributed by atoms with E-state index >= 15 is 0 Å². The van der Waals surface area contributed by atoms with Gasteiger partial charge in [0.1, 0.15) is 12.4 Å². The monoisotopic (exact) mass is 368 g/mol. The van der Waals surface area contributed by atoms with Gasteiger partial charge in [-0.3, -0.25) is 4.79 Å². The van der Waals surface area contributed by atoms with Gasteiger partial charge in [0.05, 0.1) is 17.1 Å². The van der Waals surface area contributed by atoms with Gasteiger partial charge in [0, 0.05) is 10.2 Å². The van der Waals surface area contributed by atoms with Crippen LogP contribution in [0.1, 0.15) is 10.4 Å². The zero-order valence-electron chi connectivity index (χ0n) is 11.1. The lowest BCUT2D eigenvalue weighted by Gasteiger charge is -2.09. The number of benzene rings is 2. The van der Waals surface area contributed by atoms with Crippen LogP contribution in [0.4, 0.5) is 5.69 Å². The van der Waals surface area contributed by atoms with Gasteiger partial charge >= 0.3 is 0 Å². The van der Waals surface area contributed by atoms with Crippen LogP contribution in [0.15, 0.2) is 46.9 Å². The van der Waals surface area contributed by atoms with Crippen LogP contribution in [-0.4, -0.2) is 19.1 Å². The number of carbonyl (C=O) groups is 1. The predicted octanol–water partition coefficient (Wildman–Crippen LogP) is 3.49. The summed E-state index contributed by atoms with van der Waals surface area (Å²) in [4.78, 5) is 12.0. The van der Waals surface area contributed by atoms with Gasteiger partial charge < -0.3 is 15.8 Å². The third-order valence-corrected chi connectivity index (χ3v) is 3.53. The first-order chi connectivity index (χ1) is 10.1. The van der Waals surface area contributed by atoms with E-state index in [1.54, 1.807) is 42.5 Å². The summed E-state index contributed by atoms with van der Waals surface area (Å²) in [6.07, 6.45) is 0. The fourth-order valence-corrected chi connectivity index (χ4v) is 2.23. The van der Waals surface area contributed by atoms with Crippen molar-refractivity contribution in [1.82, 2.24) is 5.32 Å². The zero-order valence-corrected chi connectivity index (χ0v) is 13.4. The number of hydrogen-bond acceptors (Lipinski definition) is 3. The molecule has 0 bridgehead atoms. The largest absolute Gasteiger partial charge is 0.492 e. The van der Waals surface area contributed by atoms with E-state index in [2.05, 4.69) is 21.2 Å². The van der Waals surface area contributed by atoms with Gasteiger partial charge in [-0.05, 0) is 42.5 Å². The Morgan fingerprint density at radius 2 is 1.95 bits per heavy atom. The van der Waals surface area contributed by atoms with Crippen LogP contribution in [-0.2, 0) is 0 Å². The van der Waals surface area contributed by atoms with Crippen molar-refractivity contribution in [1.29, 1.82) is 0 Å². The van der Waals surface area contributed by atoms with E-state index in [4.69, 9.17) is 22.1 Å². The maximum absolute atomic E-state index is 12.0. The molecule has 1 amide bonds. The van der Waals surface area contributed by atoms with Crippen LogP contribution < -0.4 is 15.8 Å². The van der Waals surface area contributed by atoms with E-state index in [9.17, 15) is 4.79 Å². The van der Waals surface area contributed by atoms with Crippen molar-refractivity contribution in [3.05, 3.63) is 57.5 Å². The van der Waals surface area contributed by atoms with Gasteiger partial charge in [-0.2, -0.15) is 0 Å². The molecule has 0 radical (unpaired) electrons. The molecule has 0 aliphatic heterocycles. The summed E-state index contributed by atoms with van der Waals surface area (Å²) in [7, 11) is 0.